The molecule has 0 bridgehead atoms. The highest BCUT2D eigenvalue weighted by molar-refractivity contribution is 7.10. The molecule has 1 unspecified atom stereocenters. The summed E-state index contributed by atoms with van der Waals surface area (Å²) in [6, 6.07) is 3.96. The summed E-state index contributed by atoms with van der Waals surface area (Å²) in [5.74, 6) is 0.712. The van der Waals surface area contributed by atoms with Crippen molar-refractivity contribution in [2.75, 3.05) is 13.1 Å². The largest absolute Gasteiger partial charge is 0.383 e. The van der Waals surface area contributed by atoms with E-state index in [0.29, 0.717) is 12.5 Å². The predicted octanol–water partition coefficient (Wildman–Crippen LogP) is 2.59. The van der Waals surface area contributed by atoms with Crippen LogP contribution in [0.5, 0.6) is 0 Å². The lowest BCUT2D eigenvalue weighted by atomic mass is 10.0. The van der Waals surface area contributed by atoms with E-state index in [0.717, 1.165) is 17.8 Å². The zero-order valence-corrected chi connectivity index (χ0v) is 10.6. The van der Waals surface area contributed by atoms with Crippen LogP contribution in [0.1, 0.15) is 32.1 Å². The van der Waals surface area contributed by atoms with Crippen LogP contribution < -0.4 is 5.32 Å². The molecule has 0 spiro atoms. The van der Waals surface area contributed by atoms with Crippen molar-refractivity contribution in [3.05, 3.63) is 22.4 Å². The Bertz CT molecular complexity index is 267. The van der Waals surface area contributed by atoms with Crippen molar-refractivity contribution in [1.29, 1.82) is 0 Å². The van der Waals surface area contributed by atoms with E-state index in [4.69, 9.17) is 0 Å². The molecular formula is C12H21NOS. The quantitative estimate of drug-likeness (QED) is 0.732. The van der Waals surface area contributed by atoms with Gasteiger partial charge in [-0.15, -0.1) is 11.3 Å². The number of rotatable bonds is 6. The number of thiophene rings is 1. The molecule has 0 aliphatic rings. The van der Waals surface area contributed by atoms with Gasteiger partial charge in [0.2, 0.25) is 0 Å². The highest BCUT2D eigenvalue weighted by Gasteiger charge is 2.23. The lowest BCUT2D eigenvalue weighted by molar-refractivity contribution is 0.0606. The lowest BCUT2D eigenvalue weighted by Gasteiger charge is -2.22. The van der Waals surface area contributed by atoms with Crippen LogP contribution in [-0.2, 0) is 5.60 Å². The molecule has 1 heterocycles. The molecule has 0 aliphatic carbocycles. The second-order valence-electron chi connectivity index (χ2n) is 4.61. The summed E-state index contributed by atoms with van der Waals surface area (Å²) in [7, 11) is 0. The third kappa shape index (κ3) is 4.33. The van der Waals surface area contributed by atoms with Gasteiger partial charge in [0.1, 0.15) is 5.60 Å². The molecular weight excluding hydrogens is 206 g/mol. The van der Waals surface area contributed by atoms with Crippen LogP contribution in [0.2, 0.25) is 0 Å². The van der Waals surface area contributed by atoms with Gasteiger partial charge < -0.3 is 10.4 Å². The molecule has 0 saturated heterocycles. The van der Waals surface area contributed by atoms with Gasteiger partial charge in [-0.25, -0.2) is 0 Å². The fraction of sp³-hybridized carbons (Fsp3) is 0.667. The molecule has 3 heteroatoms. The van der Waals surface area contributed by atoms with Crippen LogP contribution in [0, 0.1) is 5.92 Å². The molecule has 1 aromatic rings. The molecule has 15 heavy (non-hydrogen) atoms. The lowest BCUT2D eigenvalue weighted by Crippen LogP contribution is -2.35. The molecule has 1 rings (SSSR count). The smallest absolute Gasteiger partial charge is 0.108 e. The topological polar surface area (TPSA) is 32.3 Å². The van der Waals surface area contributed by atoms with E-state index >= 15 is 0 Å². The standard InChI is InChI=1S/C12H21NOS/c1-10(2)6-7-13-9-12(3,14)11-5-4-8-15-11/h4-5,8,10,13-14H,6-7,9H2,1-3H3. The van der Waals surface area contributed by atoms with Gasteiger partial charge in [-0.2, -0.15) is 0 Å². The summed E-state index contributed by atoms with van der Waals surface area (Å²) >= 11 is 1.60. The molecule has 0 aromatic carbocycles. The van der Waals surface area contributed by atoms with Gasteiger partial charge in [-0.05, 0) is 37.3 Å². The van der Waals surface area contributed by atoms with Crippen molar-refractivity contribution >= 4 is 11.3 Å². The van der Waals surface area contributed by atoms with Crippen molar-refractivity contribution < 1.29 is 5.11 Å². The first-order valence-corrected chi connectivity index (χ1v) is 6.37. The van der Waals surface area contributed by atoms with Crippen LogP contribution in [0.25, 0.3) is 0 Å². The van der Waals surface area contributed by atoms with Crippen molar-refractivity contribution in [1.82, 2.24) is 5.32 Å². The number of nitrogens with one attached hydrogen (secondary N) is 1. The van der Waals surface area contributed by atoms with Gasteiger partial charge in [-0.3, -0.25) is 0 Å². The van der Waals surface area contributed by atoms with Crippen LogP contribution in [0.4, 0.5) is 0 Å². The minimum atomic E-state index is -0.731. The van der Waals surface area contributed by atoms with Gasteiger partial charge in [-0.1, -0.05) is 19.9 Å². The van der Waals surface area contributed by atoms with E-state index in [1.165, 1.54) is 0 Å². The Morgan fingerprint density at radius 3 is 2.80 bits per heavy atom. The number of aliphatic hydroxyl groups is 1. The van der Waals surface area contributed by atoms with Crippen LogP contribution in [0.3, 0.4) is 0 Å². The Kier molecular flexibility index (Phi) is 4.77. The SMILES string of the molecule is CC(C)CCNCC(C)(O)c1cccs1. The summed E-state index contributed by atoms with van der Waals surface area (Å²) in [4.78, 5) is 1.03. The van der Waals surface area contributed by atoms with E-state index < -0.39 is 5.60 Å². The van der Waals surface area contributed by atoms with Crippen molar-refractivity contribution in [2.24, 2.45) is 5.92 Å². The Balaban J connectivity index is 2.31. The second kappa shape index (κ2) is 5.64. The zero-order chi connectivity index (χ0) is 11.3. The molecule has 1 atom stereocenters. The van der Waals surface area contributed by atoms with E-state index in [1.54, 1.807) is 11.3 Å². The second-order valence-corrected chi connectivity index (χ2v) is 5.56. The molecule has 2 N–H and O–H groups in total. The van der Waals surface area contributed by atoms with E-state index in [9.17, 15) is 5.11 Å². The fourth-order valence-corrected chi connectivity index (χ4v) is 2.18. The summed E-state index contributed by atoms with van der Waals surface area (Å²) in [5.41, 5.74) is -0.731. The van der Waals surface area contributed by atoms with E-state index in [-0.39, 0.29) is 0 Å². The summed E-state index contributed by atoms with van der Waals surface area (Å²) in [6.45, 7) is 7.87. The van der Waals surface area contributed by atoms with Gasteiger partial charge in [0.25, 0.3) is 0 Å². The molecule has 0 radical (unpaired) electrons. The molecule has 1 aromatic heterocycles. The normalized spacial score (nSPS) is 15.5. The van der Waals surface area contributed by atoms with Gasteiger partial charge in [0.05, 0.1) is 0 Å². The number of hydrogen-bond donors (Lipinski definition) is 2. The van der Waals surface area contributed by atoms with Gasteiger partial charge >= 0.3 is 0 Å². The van der Waals surface area contributed by atoms with Gasteiger partial charge in [0.15, 0.2) is 0 Å². The third-order valence-electron chi connectivity index (χ3n) is 2.42. The van der Waals surface area contributed by atoms with Crippen LogP contribution in [-0.4, -0.2) is 18.2 Å². The zero-order valence-electron chi connectivity index (χ0n) is 9.79. The summed E-state index contributed by atoms with van der Waals surface area (Å²) in [5, 5.41) is 15.5. The first-order chi connectivity index (χ1) is 7.02. The maximum absolute atomic E-state index is 10.2. The van der Waals surface area contributed by atoms with Gasteiger partial charge in [0, 0.05) is 11.4 Å². The van der Waals surface area contributed by atoms with E-state index in [1.807, 2.05) is 24.4 Å². The Morgan fingerprint density at radius 2 is 2.27 bits per heavy atom. The maximum Gasteiger partial charge on any atom is 0.108 e. The Hall–Kier alpha value is -0.380. The predicted molar refractivity (Wildman–Crippen MR) is 66.2 cm³/mol. The first kappa shape index (κ1) is 12.7. The Labute approximate surface area is 96.3 Å². The van der Waals surface area contributed by atoms with Crippen LogP contribution in [0.15, 0.2) is 17.5 Å². The number of hydrogen-bond acceptors (Lipinski definition) is 3. The van der Waals surface area contributed by atoms with Crippen molar-refractivity contribution in [3.8, 4) is 0 Å². The average Bonchev–Trinajstić information content (AvgIpc) is 2.65. The molecule has 0 amide bonds. The van der Waals surface area contributed by atoms with E-state index in [2.05, 4.69) is 19.2 Å². The molecule has 86 valence electrons. The summed E-state index contributed by atoms with van der Waals surface area (Å²) in [6.07, 6.45) is 1.15. The summed E-state index contributed by atoms with van der Waals surface area (Å²) < 4.78 is 0. The minimum absolute atomic E-state index is 0.625. The average molecular weight is 227 g/mol. The highest BCUT2D eigenvalue weighted by Crippen LogP contribution is 2.24. The molecule has 0 saturated carbocycles. The minimum Gasteiger partial charge on any atom is -0.383 e. The van der Waals surface area contributed by atoms with Crippen molar-refractivity contribution in [3.63, 3.8) is 0 Å². The fourth-order valence-electron chi connectivity index (χ4n) is 1.39. The third-order valence-corrected chi connectivity index (χ3v) is 3.54. The molecule has 0 aliphatic heterocycles. The maximum atomic E-state index is 10.2. The monoisotopic (exact) mass is 227 g/mol. The van der Waals surface area contributed by atoms with Crippen LogP contribution >= 0.6 is 11.3 Å². The Morgan fingerprint density at radius 1 is 1.53 bits per heavy atom. The first-order valence-electron chi connectivity index (χ1n) is 5.49. The van der Waals surface area contributed by atoms with Crippen molar-refractivity contribution in [2.45, 2.75) is 32.8 Å². The molecule has 0 fully saturated rings. The highest BCUT2D eigenvalue weighted by atomic mass is 32.1. The molecule has 2 nitrogen and oxygen atoms in total.